The highest BCUT2D eigenvalue weighted by molar-refractivity contribution is 8.02. The van der Waals surface area contributed by atoms with E-state index < -0.39 is 27.4 Å². The van der Waals surface area contributed by atoms with Gasteiger partial charge in [0.05, 0.1) is 17.3 Å². The Kier molecular flexibility index (Phi) is 6.10. The largest absolute Gasteiger partial charge is 0.458 e. The molecule has 21 heavy (non-hydrogen) atoms. The molecule has 1 unspecified atom stereocenters. The average Bonchev–Trinajstić information content (AvgIpc) is 2.64. The van der Waals surface area contributed by atoms with E-state index in [-0.39, 0.29) is 28.4 Å². The van der Waals surface area contributed by atoms with E-state index in [2.05, 4.69) is 5.32 Å². The second-order valence-electron chi connectivity index (χ2n) is 6.16. The van der Waals surface area contributed by atoms with Crippen LogP contribution < -0.4 is 5.32 Å². The minimum absolute atomic E-state index is 0.0300. The molecule has 0 aromatic heterocycles. The van der Waals surface area contributed by atoms with Gasteiger partial charge in [0.1, 0.15) is 11.6 Å². The van der Waals surface area contributed by atoms with Crippen LogP contribution in [0.3, 0.4) is 0 Å². The molecule has 8 heteroatoms. The molecule has 1 rings (SSSR count). The van der Waals surface area contributed by atoms with Crippen LogP contribution in [0.4, 0.5) is 0 Å². The molecule has 2 atom stereocenters. The van der Waals surface area contributed by atoms with Gasteiger partial charge in [-0.1, -0.05) is 0 Å². The van der Waals surface area contributed by atoms with Crippen molar-refractivity contribution in [2.24, 2.45) is 0 Å². The molecular formula is C13H23NO5S2. The zero-order chi connectivity index (χ0) is 16.3. The van der Waals surface area contributed by atoms with Crippen molar-refractivity contribution in [3.63, 3.8) is 0 Å². The number of sulfone groups is 1. The van der Waals surface area contributed by atoms with Crippen LogP contribution in [-0.4, -0.2) is 54.4 Å². The zero-order valence-electron chi connectivity index (χ0n) is 12.8. The molecule has 1 N–H and O–H groups in total. The molecule has 1 heterocycles. The van der Waals surface area contributed by atoms with Crippen LogP contribution in [-0.2, 0) is 24.2 Å². The van der Waals surface area contributed by atoms with Crippen LogP contribution in [0.15, 0.2) is 0 Å². The number of nitrogens with one attached hydrogen (secondary N) is 1. The first kappa shape index (κ1) is 18.3. The van der Waals surface area contributed by atoms with Gasteiger partial charge in [-0.2, -0.15) is 0 Å². The molecule has 1 aliphatic rings. The van der Waals surface area contributed by atoms with E-state index in [1.807, 2.05) is 0 Å². The fourth-order valence-electron chi connectivity index (χ4n) is 1.82. The molecule has 0 radical (unpaired) electrons. The Morgan fingerprint density at radius 3 is 2.48 bits per heavy atom. The highest BCUT2D eigenvalue weighted by Crippen LogP contribution is 2.24. The third-order valence-electron chi connectivity index (χ3n) is 2.78. The van der Waals surface area contributed by atoms with Crippen molar-refractivity contribution in [2.75, 3.05) is 17.3 Å². The molecule has 0 saturated carbocycles. The molecule has 6 nitrogen and oxygen atoms in total. The topological polar surface area (TPSA) is 89.5 Å². The Balaban J connectivity index is 2.32. The number of carbonyl (C=O) groups is 2. The summed E-state index contributed by atoms with van der Waals surface area (Å²) < 4.78 is 27.8. The van der Waals surface area contributed by atoms with Gasteiger partial charge in [0.25, 0.3) is 0 Å². The summed E-state index contributed by atoms with van der Waals surface area (Å²) in [7, 11) is -2.93. The van der Waals surface area contributed by atoms with Gasteiger partial charge in [-0.15, -0.1) is 11.8 Å². The van der Waals surface area contributed by atoms with Crippen molar-refractivity contribution < 1.29 is 22.7 Å². The van der Waals surface area contributed by atoms with Gasteiger partial charge in [-0.05, 0) is 34.1 Å². The molecule has 1 aliphatic heterocycles. The number of thioether (sulfide) groups is 1. The number of amides is 1. The monoisotopic (exact) mass is 337 g/mol. The molecule has 1 amide bonds. The maximum Gasteiger partial charge on any atom is 0.328 e. The van der Waals surface area contributed by atoms with Crippen molar-refractivity contribution >= 4 is 33.5 Å². The van der Waals surface area contributed by atoms with Gasteiger partial charge in [0.2, 0.25) is 5.91 Å². The van der Waals surface area contributed by atoms with E-state index in [1.54, 1.807) is 27.7 Å². The first-order valence-electron chi connectivity index (χ1n) is 6.83. The SMILES string of the molecule is C[C@H](NC(=O)CSC1CCS(=O)(=O)C1)C(=O)OC(C)(C)C. The average molecular weight is 337 g/mol. The summed E-state index contributed by atoms with van der Waals surface area (Å²) in [6.07, 6.45) is 0.585. The van der Waals surface area contributed by atoms with Gasteiger partial charge in [0, 0.05) is 5.25 Å². The summed E-state index contributed by atoms with van der Waals surface area (Å²) in [6.45, 7) is 6.85. The van der Waals surface area contributed by atoms with E-state index >= 15 is 0 Å². The lowest BCUT2D eigenvalue weighted by Gasteiger charge is -2.22. The highest BCUT2D eigenvalue weighted by Gasteiger charge is 2.29. The van der Waals surface area contributed by atoms with E-state index in [9.17, 15) is 18.0 Å². The number of hydrogen-bond donors (Lipinski definition) is 1. The van der Waals surface area contributed by atoms with Crippen LogP contribution in [0.25, 0.3) is 0 Å². The summed E-state index contributed by atoms with van der Waals surface area (Å²) in [5.74, 6) is -0.299. The van der Waals surface area contributed by atoms with Crippen LogP contribution in [0.5, 0.6) is 0 Å². The van der Waals surface area contributed by atoms with E-state index in [1.165, 1.54) is 11.8 Å². The Hall–Kier alpha value is -0.760. The molecular weight excluding hydrogens is 314 g/mol. The Bertz CT molecular complexity index is 495. The van der Waals surface area contributed by atoms with Gasteiger partial charge in [0.15, 0.2) is 9.84 Å². The van der Waals surface area contributed by atoms with Gasteiger partial charge >= 0.3 is 5.97 Å². The van der Waals surface area contributed by atoms with Gasteiger partial charge < -0.3 is 10.1 Å². The normalized spacial score (nSPS) is 22.6. The summed E-state index contributed by atoms with van der Waals surface area (Å²) in [5.41, 5.74) is -0.594. The molecule has 0 aliphatic carbocycles. The minimum atomic E-state index is -2.93. The summed E-state index contributed by atoms with van der Waals surface area (Å²) >= 11 is 1.32. The maximum atomic E-state index is 11.8. The Labute approximate surface area is 130 Å². The fraction of sp³-hybridized carbons (Fsp3) is 0.846. The number of carbonyl (C=O) groups excluding carboxylic acids is 2. The van der Waals surface area contributed by atoms with Crippen molar-refractivity contribution in [2.45, 2.75) is 51.0 Å². The molecule has 0 aromatic carbocycles. The lowest BCUT2D eigenvalue weighted by atomic mass is 10.2. The lowest BCUT2D eigenvalue weighted by molar-refractivity contribution is -0.157. The molecule has 0 spiro atoms. The quantitative estimate of drug-likeness (QED) is 0.745. The number of ether oxygens (including phenoxy) is 1. The third kappa shape index (κ3) is 7.17. The Morgan fingerprint density at radius 1 is 1.38 bits per heavy atom. The first-order chi connectivity index (χ1) is 9.48. The lowest BCUT2D eigenvalue weighted by Crippen LogP contribution is -2.43. The summed E-state index contributed by atoms with van der Waals surface area (Å²) in [5, 5.41) is 2.53. The summed E-state index contributed by atoms with van der Waals surface area (Å²) in [4.78, 5) is 23.5. The third-order valence-corrected chi connectivity index (χ3v) is 6.06. The minimum Gasteiger partial charge on any atom is -0.458 e. The predicted octanol–water partition coefficient (Wildman–Crippen LogP) is 0.753. The standard InChI is InChI=1S/C13H23NO5S2/c1-9(12(16)19-13(2,3)4)14-11(15)7-20-10-5-6-21(17,18)8-10/h9-10H,5-8H2,1-4H3,(H,14,15)/t9-,10?/m0/s1. The van der Waals surface area contributed by atoms with Crippen molar-refractivity contribution in [3.05, 3.63) is 0 Å². The molecule has 0 aromatic rings. The zero-order valence-corrected chi connectivity index (χ0v) is 14.5. The Morgan fingerprint density at radius 2 is 2.00 bits per heavy atom. The van der Waals surface area contributed by atoms with Crippen molar-refractivity contribution in [3.8, 4) is 0 Å². The van der Waals surface area contributed by atoms with E-state index in [4.69, 9.17) is 4.74 Å². The number of hydrogen-bond acceptors (Lipinski definition) is 6. The van der Waals surface area contributed by atoms with Crippen molar-refractivity contribution in [1.29, 1.82) is 0 Å². The van der Waals surface area contributed by atoms with Crippen LogP contribution >= 0.6 is 11.8 Å². The first-order valence-corrected chi connectivity index (χ1v) is 9.70. The van der Waals surface area contributed by atoms with Crippen molar-refractivity contribution in [1.82, 2.24) is 5.32 Å². The molecule has 1 saturated heterocycles. The highest BCUT2D eigenvalue weighted by atomic mass is 32.2. The van der Waals surface area contributed by atoms with Crippen LogP contribution in [0, 0.1) is 0 Å². The number of esters is 1. The predicted molar refractivity (Wildman–Crippen MR) is 83.0 cm³/mol. The molecule has 0 bridgehead atoms. The van der Waals surface area contributed by atoms with Crippen LogP contribution in [0.2, 0.25) is 0 Å². The smallest absolute Gasteiger partial charge is 0.328 e. The summed E-state index contributed by atoms with van der Waals surface area (Å²) in [6, 6.07) is -0.718. The van der Waals surface area contributed by atoms with Gasteiger partial charge in [-0.25, -0.2) is 13.2 Å². The second-order valence-corrected chi connectivity index (χ2v) is 9.68. The fourth-order valence-corrected chi connectivity index (χ4v) is 5.27. The van der Waals surface area contributed by atoms with Gasteiger partial charge in [-0.3, -0.25) is 4.79 Å². The molecule has 1 fully saturated rings. The maximum absolute atomic E-state index is 11.8. The second kappa shape index (κ2) is 7.00. The molecule has 122 valence electrons. The van der Waals surface area contributed by atoms with E-state index in [0.717, 1.165) is 0 Å². The van der Waals surface area contributed by atoms with E-state index in [0.29, 0.717) is 6.42 Å². The number of rotatable bonds is 5. The van der Waals surface area contributed by atoms with Crippen LogP contribution in [0.1, 0.15) is 34.1 Å².